The van der Waals surface area contributed by atoms with E-state index >= 15 is 0 Å². The van der Waals surface area contributed by atoms with E-state index in [9.17, 15) is 4.55 Å². The molecule has 0 bridgehead atoms. The van der Waals surface area contributed by atoms with Crippen molar-refractivity contribution in [1.82, 2.24) is 4.72 Å². The molecule has 0 fully saturated rings. The summed E-state index contributed by atoms with van der Waals surface area (Å²) < 4.78 is 19.7. The second kappa shape index (κ2) is 7.15. The van der Waals surface area contributed by atoms with Crippen LogP contribution in [0.25, 0.3) is 0 Å². The van der Waals surface area contributed by atoms with Gasteiger partial charge in [-0.15, -0.1) is 4.72 Å². The normalized spacial score (nSPS) is 15.6. The predicted molar refractivity (Wildman–Crippen MR) is 61.2 cm³/mol. The largest absolute Gasteiger partial charge is 0.598 e. The molecule has 0 amide bonds. The van der Waals surface area contributed by atoms with Crippen LogP contribution in [0.1, 0.15) is 27.7 Å². The van der Waals surface area contributed by atoms with Crippen LogP contribution in [0.15, 0.2) is 12.8 Å². The van der Waals surface area contributed by atoms with Crippen LogP contribution in [0.2, 0.25) is 0 Å². The van der Waals surface area contributed by atoms with E-state index in [-0.39, 0.29) is 11.3 Å². The highest BCUT2D eigenvalue weighted by atomic mass is 32.2. The Bertz CT molecular complexity index is 162. The van der Waals surface area contributed by atoms with Crippen molar-refractivity contribution in [3.63, 3.8) is 0 Å². The lowest BCUT2D eigenvalue weighted by Gasteiger charge is -2.24. The van der Waals surface area contributed by atoms with Gasteiger partial charge in [-0.2, -0.15) is 0 Å². The molecule has 0 aromatic rings. The van der Waals surface area contributed by atoms with Gasteiger partial charge in [0, 0.05) is 11.4 Å². The SMILES string of the molecule is C=COC[C@@H](N[S@@+]([O-])C(C)C)C(C)C. The Labute approximate surface area is 90.2 Å². The first-order valence-electron chi connectivity index (χ1n) is 4.88. The maximum atomic E-state index is 11.5. The molecule has 84 valence electrons. The molecule has 0 radical (unpaired) electrons. The molecule has 2 atom stereocenters. The zero-order valence-corrected chi connectivity index (χ0v) is 10.3. The Morgan fingerprint density at radius 3 is 2.36 bits per heavy atom. The van der Waals surface area contributed by atoms with Crippen LogP contribution in [0.4, 0.5) is 0 Å². The summed E-state index contributed by atoms with van der Waals surface area (Å²) in [6, 6.07) is 0.108. The van der Waals surface area contributed by atoms with E-state index in [1.54, 1.807) is 0 Å². The summed E-state index contributed by atoms with van der Waals surface area (Å²) in [5.74, 6) is 0.387. The summed E-state index contributed by atoms with van der Waals surface area (Å²) in [7, 11) is 0. The second-order valence-corrected chi connectivity index (χ2v) is 5.59. The topological polar surface area (TPSA) is 44.3 Å². The van der Waals surface area contributed by atoms with Gasteiger partial charge in [0.15, 0.2) is 0 Å². The first-order chi connectivity index (χ1) is 6.49. The number of rotatable bonds is 7. The minimum atomic E-state index is -0.990. The Kier molecular flexibility index (Phi) is 7.05. The highest BCUT2D eigenvalue weighted by Crippen LogP contribution is 2.06. The molecular formula is C10H21NO2S. The molecule has 14 heavy (non-hydrogen) atoms. The van der Waals surface area contributed by atoms with Crippen LogP contribution in [0, 0.1) is 5.92 Å². The summed E-state index contributed by atoms with van der Waals surface area (Å²) in [6.07, 6.45) is 1.41. The maximum Gasteiger partial charge on any atom is 0.129 e. The van der Waals surface area contributed by atoms with E-state index in [0.29, 0.717) is 12.5 Å². The number of hydrogen-bond acceptors (Lipinski definition) is 3. The van der Waals surface area contributed by atoms with Crippen molar-refractivity contribution < 1.29 is 9.29 Å². The molecule has 0 aliphatic rings. The van der Waals surface area contributed by atoms with Crippen LogP contribution < -0.4 is 4.72 Å². The van der Waals surface area contributed by atoms with E-state index < -0.39 is 11.4 Å². The van der Waals surface area contributed by atoms with E-state index in [2.05, 4.69) is 25.1 Å². The number of nitrogens with one attached hydrogen (secondary N) is 1. The third-order valence-electron chi connectivity index (χ3n) is 1.89. The fourth-order valence-electron chi connectivity index (χ4n) is 0.820. The third kappa shape index (κ3) is 5.52. The quantitative estimate of drug-likeness (QED) is 0.525. The van der Waals surface area contributed by atoms with Crippen LogP contribution in [0.5, 0.6) is 0 Å². The van der Waals surface area contributed by atoms with Gasteiger partial charge in [-0.3, -0.25) is 0 Å². The number of hydrogen-bond donors (Lipinski definition) is 1. The van der Waals surface area contributed by atoms with Crippen molar-refractivity contribution in [1.29, 1.82) is 0 Å². The predicted octanol–water partition coefficient (Wildman–Crippen LogP) is 1.83. The molecule has 0 unspecified atom stereocenters. The summed E-state index contributed by atoms with van der Waals surface area (Å²) in [5, 5.41) is 0.125. The molecule has 0 aliphatic carbocycles. The lowest BCUT2D eigenvalue weighted by Crippen LogP contribution is -2.44. The van der Waals surface area contributed by atoms with Gasteiger partial charge in [0.05, 0.1) is 12.3 Å². The van der Waals surface area contributed by atoms with Crippen LogP contribution in [-0.4, -0.2) is 22.5 Å². The standard InChI is InChI=1S/C10H21NO2S/c1-6-13-7-10(8(2)3)11-14(12)9(4)5/h6,8-11H,1,7H2,2-5H3/t10-,14+/m1/s1. The zero-order chi connectivity index (χ0) is 11.1. The van der Waals surface area contributed by atoms with E-state index in [1.807, 2.05) is 13.8 Å². The Balaban J connectivity index is 4.01. The van der Waals surface area contributed by atoms with Crippen molar-refractivity contribution in [2.75, 3.05) is 6.61 Å². The maximum absolute atomic E-state index is 11.5. The molecule has 0 heterocycles. The Morgan fingerprint density at radius 2 is 2.00 bits per heavy atom. The van der Waals surface area contributed by atoms with Crippen molar-refractivity contribution in [3.8, 4) is 0 Å². The molecule has 0 aromatic heterocycles. The summed E-state index contributed by atoms with van der Waals surface area (Å²) in [4.78, 5) is 0. The molecule has 0 aliphatic heterocycles. The van der Waals surface area contributed by atoms with Crippen LogP contribution in [0.3, 0.4) is 0 Å². The monoisotopic (exact) mass is 219 g/mol. The second-order valence-electron chi connectivity index (χ2n) is 3.81. The summed E-state index contributed by atoms with van der Waals surface area (Å²) >= 11 is -0.990. The molecule has 0 aromatic carbocycles. The first kappa shape index (κ1) is 13.8. The summed E-state index contributed by atoms with van der Waals surface area (Å²) in [6.45, 7) is 12.0. The van der Waals surface area contributed by atoms with Gasteiger partial charge >= 0.3 is 0 Å². The smallest absolute Gasteiger partial charge is 0.129 e. The van der Waals surface area contributed by atoms with Gasteiger partial charge in [0.1, 0.15) is 11.9 Å². The fraction of sp³-hybridized carbons (Fsp3) is 0.800. The molecular weight excluding hydrogens is 198 g/mol. The molecule has 0 saturated carbocycles. The van der Waals surface area contributed by atoms with Gasteiger partial charge in [-0.05, 0) is 19.8 Å². The van der Waals surface area contributed by atoms with Gasteiger partial charge in [0.2, 0.25) is 0 Å². The van der Waals surface area contributed by atoms with Gasteiger partial charge < -0.3 is 9.29 Å². The molecule has 3 nitrogen and oxygen atoms in total. The van der Waals surface area contributed by atoms with Gasteiger partial charge in [-0.1, -0.05) is 20.4 Å². The van der Waals surface area contributed by atoms with E-state index in [1.165, 1.54) is 6.26 Å². The molecule has 0 spiro atoms. The van der Waals surface area contributed by atoms with Crippen molar-refractivity contribution in [2.45, 2.75) is 39.0 Å². The van der Waals surface area contributed by atoms with E-state index in [0.717, 1.165) is 0 Å². The zero-order valence-electron chi connectivity index (χ0n) is 9.45. The van der Waals surface area contributed by atoms with E-state index in [4.69, 9.17) is 4.74 Å². The summed E-state index contributed by atoms with van der Waals surface area (Å²) in [5.41, 5.74) is 0. The Morgan fingerprint density at radius 1 is 1.43 bits per heavy atom. The average molecular weight is 219 g/mol. The lowest BCUT2D eigenvalue weighted by atomic mass is 10.1. The number of ether oxygens (including phenoxy) is 1. The Hall–Kier alpha value is -0.190. The van der Waals surface area contributed by atoms with Crippen LogP contribution >= 0.6 is 0 Å². The highest BCUT2D eigenvalue weighted by Gasteiger charge is 2.21. The third-order valence-corrected chi connectivity index (χ3v) is 3.29. The molecule has 0 saturated heterocycles. The van der Waals surface area contributed by atoms with Crippen LogP contribution in [-0.2, 0) is 16.1 Å². The van der Waals surface area contributed by atoms with Crippen molar-refractivity contribution in [2.24, 2.45) is 5.92 Å². The lowest BCUT2D eigenvalue weighted by molar-refractivity contribution is 0.198. The molecule has 1 N–H and O–H groups in total. The average Bonchev–Trinajstić information content (AvgIpc) is 2.10. The van der Waals surface area contributed by atoms with Crippen molar-refractivity contribution >= 4 is 11.4 Å². The minimum Gasteiger partial charge on any atom is -0.598 e. The van der Waals surface area contributed by atoms with Gasteiger partial charge in [-0.25, -0.2) is 0 Å². The first-order valence-corrected chi connectivity index (χ1v) is 6.09. The highest BCUT2D eigenvalue weighted by molar-refractivity contribution is 7.90. The van der Waals surface area contributed by atoms with Crippen molar-refractivity contribution in [3.05, 3.63) is 12.8 Å². The fourth-order valence-corrected chi connectivity index (χ4v) is 1.73. The molecule has 4 heteroatoms. The minimum absolute atomic E-state index is 0.108. The molecule has 0 rings (SSSR count). The van der Waals surface area contributed by atoms with Gasteiger partial charge in [0.25, 0.3) is 0 Å².